The van der Waals surface area contributed by atoms with Crippen LogP contribution in [0.1, 0.15) is 13.8 Å². The molecule has 0 saturated carbocycles. The maximum Gasteiger partial charge on any atom is 1.00 e. The van der Waals surface area contributed by atoms with Gasteiger partial charge in [0.05, 0.1) is 45.3 Å². The third kappa shape index (κ3) is 16.3. The van der Waals surface area contributed by atoms with Gasteiger partial charge in [-0.15, -0.1) is 0 Å². The molecule has 0 radical (unpaired) electrons. The van der Waals surface area contributed by atoms with Gasteiger partial charge in [0.15, 0.2) is 19.7 Å². The van der Waals surface area contributed by atoms with E-state index in [2.05, 4.69) is 0 Å². The molecule has 0 atom stereocenters. The van der Waals surface area contributed by atoms with E-state index in [-0.39, 0.29) is 114 Å². The Labute approximate surface area is 385 Å². The summed E-state index contributed by atoms with van der Waals surface area (Å²) in [5.41, 5.74) is 0. The van der Waals surface area contributed by atoms with Gasteiger partial charge in [0.2, 0.25) is 0 Å². The number of halogens is 2. The van der Waals surface area contributed by atoms with Crippen molar-refractivity contribution in [1.82, 2.24) is 0 Å². The number of carbonyl (C=O) groups excluding carboxylic acids is 1. The van der Waals surface area contributed by atoms with Crippen LogP contribution in [0.3, 0.4) is 0 Å². The van der Waals surface area contributed by atoms with Gasteiger partial charge in [-0.3, -0.25) is 0 Å². The zero-order chi connectivity index (χ0) is 34.5. The Bertz CT molecular complexity index is 1690. The predicted octanol–water partition coefficient (Wildman–Crippen LogP) is 0.148. The number of carbonyl (C=O) groups is 1. The molecule has 9 nitrogen and oxygen atoms in total. The summed E-state index contributed by atoms with van der Waals surface area (Å²) < 4.78 is 57.7. The summed E-state index contributed by atoms with van der Waals surface area (Å²) in [7, 11) is -3.12. The number of carboxylic acid groups (broad SMARTS) is 2. The topological polar surface area (TPSA) is 150 Å². The SMILES string of the molecule is CCS(=O)(=O)c1ccc(Sc2cc(Cl)ccc2OC)cc1.CCS(=O)(=O)c1ccc(Sc2cc(Cl)ccc2OC)cc1.O=C([O-])[O-].[K+].[K+]. The molecule has 48 heavy (non-hydrogen) atoms. The minimum Gasteiger partial charge on any atom is -0.652 e. The molecule has 4 aromatic carbocycles. The number of sulfone groups is 2. The molecule has 0 heterocycles. The van der Waals surface area contributed by atoms with Gasteiger partial charge in [0.25, 0.3) is 0 Å². The Morgan fingerprint density at radius 1 is 0.625 bits per heavy atom. The Hall–Kier alpha value is 0.203. The van der Waals surface area contributed by atoms with Gasteiger partial charge >= 0.3 is 103 Å². The molecule has 0 N–H and O–H groups in total. The van der Waals surface area contributed by atoms with Crippen LogP contribution in [-0.4, -0.2) is 48.7 Å². The molecule has 0 aromatic heterocycles. The van der Waals surface area contributed by atoms with E-state index in [9.17, 15) is 16.8 Å². The van der Waals surface area contributed by atoms with E-state index in [1.807, 2.05) is 12.1 Å². The standard InChI is InChI=1S/2C15H15ClO3S2.CH2O3.2K/c2*1-3-21(17,18)13-7-5-12(6-8-13)20-15-10-11(16)4-9-14(15)19-2;2-1(3)4;;/h2*4-10H,3H2,1-2H3;(H2,2,3,4);;/q;;;2*+1/p-2. The van der Waals surface area contributed by atoms with Crippen LogP contribution in [0.5, 0.6) is 11.5 Å². The number of benzene rings is 4. The predicted molar refractivity (Wildman–Crippen MR) is 178 cm³/mol. The van der Waals surface area contributed by atoms with Gasteiger partial charge in [0, 0.05) is 19.8 Å². The van der Waals surface area contributed by atoms with Crippen molar-refractivity contribution in [2.75, 3.05) is 25.7 Å². The van der Waals surface area contributed by atoms with Crippen molar-refractivity contribution in [2.24, 2.45) is 0 Å². The molecule has 0 fully saturated rings. The van der Waals surface area contributed by atoms with E-state index in [1.165, 1.54) is 23.5 Å². The molecule has 4 rings (SSSR count). The molecular weight excluding hydrogens is 794 g/mol. The molecule has 0 aliphatic heterocycles. The first-order valence-electron chi connectivity index (χ1n) is 13.2. The number of hydrogen-bond donors (Lipinski definition) is 0. The van der Waals surface area contributed by atoms with Crippen LogP contribution < -0.4 is 122 Å². The third-order valence-corrected chi connectivity index (χ3v) is 11.9. The van der Waals surface area contributed by atoms with Crippen molar-refractivity contribution in [2.45, 2.75) is 43.2 Å². The molecule has 0 unspecified atom stereocenters. The van der Waals surface area contributed by atoms with Crippen LogP contribution in [0, 0.1) is 0 Å². The molecule has 0 aliphatic rings. The van der Waals surface area contributed by atoms with Gasteiger partial charge < -0.3 is 24.5 Å². The van der Waals surface area contributed by atoms with Crippen molar-refractivity contribution < 1.29 is 144 Å². The molecule has 248 valence electrons. The van der Waals surface area contributed by atoms with Gasteiger partial charge in [-0.1, -0.05) is 60.6 Å². The summed E-state index contributed by atoms with van der Waals surface area (Å²) in [5.74, 6) is 1.66. The molecule has 4 aromatic rings. The Morgan fingerprint density at radius 3 is 1.17 bits per heavy atom. The molecular formula is C31H30Cl2K2O9S4. The minimum atomic E-state index is -3.16. The third-order valence-electron chi connectivity index (χ3n) is 5.83. The summed E-state index contributed by atoms with van der Waals surface area (Å²) in [6, 6.07) is 24.4. The average molecular weight is 824 g/mol. The van der Waals surface area contributed by atoms with Crippen molar-refractivity contribution in [1.29, 1.82) is 0 Å². The first kappa shape index (κ1) is 48.2. The quantitative estimate of drug-likeness (QED) is 0.201. The fraction of sp³-hybridized carbons (Fsp3) is 0.194. The Kier molecular flexibility index (Phi) is 23.8. The van der Waals surface area contributed by atoms with Crippen LogP contribution in [0.15, 0.2) is 114 Å². The van der Waals surface area contributed by atoms with Gasteiger partial charge in [0.1, 0.15) is 11.5 Å². The minimum absolute atomic E-state index is 0. The molecule has 0 aliphatic carbocycles. The first-order valence-corrected chi connectivity index (χ1v) is 18.9. The number of rotatable bonds is 10. The fourth-order valence-electron chi connectivity index (χ4n) is 3.48. The summed E-state index contributed by atoms with van der Waals surface area (Å²) >= 11 is 14.9. The maximum absolute atomic E-state index is 11.8. The van der Waals surface area contributed by atoms with Crippen LogP contribution in [0.2, 0.25) is 10.0 Å². The van der Waals surface area contributed by atoms with Gasteiger partial charge in [-0.25, -0.2) is 16.8 Å². The van der Waals surface area contributed by atoms with Crippen LogP contribution in [-0.2, 0) is 19.7 Å². The van der Waals surface area contributed by atoms with Gasteiger partial charge in [-0.05, 0) is 91.1 Å². The average Bonchev–Trinajstić information content (AvgIpc) is 3.02. The number of hydrogen-bond acceptors (Lipinski definition) is 11. The van der Waals surface area contributed by atoms with E-state index < -0.39 is 25.8 Å². The summed E-state index contributed by atoms with van der Waals surface area (Å²) in [6.45, 7) is 3.27. The Morgan fingerprint density at radius 2 is 0.917 bits per heavy atom. The molecule has 0 bridgehead atoms. The molecule has 0 amide bonds. The number of ether oxygens (including phenoxy) is 2. The fourth-order valence-corrected chi connectivity index (χ4v) is 7.65. The van der Waals surface area contributed by atoms with Crippen LogP contribution in [0.25, 0.3) is 0 Å². The van der Waals surface area contributed by atoms with E-state index >= 15 is 0 Å². The van der Waals surface area contributed by atoms with Crippen molar-refractivity contribution in [3.63, 3.8) is 0 Å². The second-order valence-electron chi connectivity index (χ2n) is 8.79. The Balaban J connectivity index is 0.000000798. The zero-order valence-electron chi connectivity index (χ0n) is 27.1. The summed E-state index contributed by atoms with van der Waals surface area (Å²) in [4.78, 5) is 12.6. The van der Waals surface area contributed by atoms with Crippen molar-refractivity contribution >= 4 is 72.6 Å². The molecule has 0 saturated heterocycles. The van der Waals surface area contributed by atoms with Crippen molar-refractivity contribution in [3.05, 3.63) is 95.0 Å². The van der Waals surface area contributed by atoms with Crippen LogP contribution in [0.4, 0.5) is 4.79 Å². The van der Waals surface area contributed by atoms with E-state index in [0.717, 1.165) is 31.1 Å². The second kappa shape index (κ2) is 23.7. The summed E-state index contributed by atoms with van der Waals surface area (Å²) in [6.07, 6.45) is -2.33. The molecule has 0 spiro atoms. The second-order valence-corrected chi connectivity index (χ2v) is 16.5. The smallest absolute Gasteiger partial charge is 0.652 e. The van der Waals surface area contributed by atoms with E-state index in [1.54, 1.807) is 101 Å². The van der Waals surface area contributed by atoms with Gasteiger partial charge in [-0.2, -0.15) is 0 Å². The largest absolute Gasteiger partial charge is 1.00 e. The van der Waals surface area contributed by atoms with Crippen molar-refractivity contribution in [3.8, 4) is 11.5 Å². The first-order chi connectivity index (χ1) is 21.6. The molecule has 17 heteroatoms. The summed E-state index contributed by atoms with van der Waals surface area (Å²) in [5, 5.41) is 17.9. The maximum atomic E-state index is 11.8. The number of methoxy groups -OCH3 is 2. The normalized spacial score (nSPS) is 10.5. The van der Waals surface area contributed by atoms with E-state index in [4.69, 9.17) is 47.7 Å². The monoisotopic (exact) mass is 822 g/mol. The zero-order valence-corrected chi connectivity index (χ0v) is 38.1. The van der Waals surface area contributed by atoms with E-state index in [0.29, 0.717) is 19.8 Å². The van der Waals surface area contributed by atoms with Crippen LogP contribution >= 0.6 is 46.7 Å².